The van der Waals surface area contributed by atoms with Crippen molar-refractivity contribution in [3.63, 3.8) is 0 Å². The van der Waals surface area contributed by atoms with Crippen molar-refractivity contribution >= 4 is 15.7 Å². The van der Waals surface area contributed by atoms with E-state index in [2.05, 4.69) is 4.72 Å². The van der Waals surface area contributed by atoms with Crippen molar-refractivity contribution in [3.8, 4) is 0 Å². The number of nitrogens with two attached hydrogens (primary N) is 1. The molecule has 1 unspecified atom stereocenters. The van der Waals surface area contributed by atoms with Gasteiger partial charge in [0.05, 0.1) is 24.9 Å². The van der Waals surface area contributed by atoms with Crippen LogP contribution in [0.15, 0.2) is 29.2 Å². The van der Waals surface area contributed by atoms with Crippen LogP contribution in [0.25, 0.3) is 0 Å². The van der Waals surface area contributed by atoms with Gasteiger partial charge in [0, 0.05) is 19.1 Å². The van der Waals surface area contributed by atoms with Crippen LogP contribution in [-0.4, -0.2) is 46.8 Å². The summed E-state index contributed by atoms with van der Waals surface area (Å²) in [6, 6.07) is 6.86. The van der Waals surface area contributed by atoms with Gasteiger partial charge in [-0.25, -0.2) is 13.1 Å². The summed E-state index contributed by atoms with van der Waals surface area (Å²) >= 11 is 0. The van der Waals surface area contributed by atoms with Crippen molar-refractivity contribution in [1.82, 2.24) is 4.72 Å². The zero-order valence-electron chi connectivity index (χ0n) is 12.5. The van der Waals surface area contributed by atoms with Gasteiger partial charge in [-0.15, -0.1) is 0 Å². The molecule has 21 heavy (non-hydrogen) atoms. The molecule has 1 aliphatic heterocycles. The Kier molecular flexibility index (Phi) is 5.21. The Morgan fingerprint density at radius 3 is 2.81 bits per heavy atom. The van der Waals surface area contributed by atoms with Gasteiger partial charge in [-0.3, -0.25) is 0 Å². The lowest BCUT2D eigenvalue weighted by Crippen LogP contribution is -2.50. The van der Waals surface area contributed by atoms with Crippen LogP contribution in [0.3, 0.4) is 0 Å². The van der Waals surface area contributed by atoms with Crippen molar-refractivity contribution in [2.45, 2.75) is 30.8 Å². The zero-order valence-corrected chi connectivity index (χ0v) is 13.3. The van der Waals surface area contributed by atoms with E-state index in [0.29, 0.717) is 36.9 Å². The molecule has 1 heterocycles. The third-order valence-corrected chi connectivity index (χ3v) is 5.06. The van der Waals surface area contributed by atoms with E-state index in [9.17, 15) is 8.42 Å². The summed E-state index contributed by atoms with van der Waals surface area (Å²) in [6.07, 6.45) is 0. The van der Waals surface area contributed by atoms with Crippen LogP contribution in [0.1, 0.15) is 13.8 Å². The van der Waals surface area contributed by atoms with Gasteiger partial charge >= 0.3 is 0 Å². The van der Waals surface area contributed by atoms with Crippen molar-refractivity contribution in [2.75, 3.05) is 31.2 Å². The highest BCUT2D eigenvalue weighted by atomic mass is 32.2. The largest absolute Gasteiger partial charge is 0.377 e. The van der Waals surface area contributed by atoms with Gasteiger partial charge in [0.25, 0.3) is 0 Å². The second-order valence-corrected chi connectivity index (χ2v) is 7.08. The topological polar surface area (TPSA) is 84.7 Å². The molecule has 0 spiro atoms. The fourth-order valence-corrected chi connectivity index (χ4v) is 3.93. The van der Waals surface area contributed by atoms with E-state index in [1.807, 2.05) is 17.0 Å². The van der Waals surface area contributed by atoms with Crippen molar-refractivity contribution in [3.05, 3.63) is 24.3 Å². The van der Waals surface area contributed by atoms with E-state index in [0.717, 1.165) is 0 Å². The predicted octanol–water partition coefficient (Wildman–Crippen LogP) is 0.537. The van der Waals surface area contributed by atoms with Crippen LogP contribution in [-0.2, 0) is 14.8 Å². The molecule has 7 heteroatoms. The van der Waals surface area contributed by atoms with Crippen LogP contribution in [0.5, 0.6) is 0 Å². The summed E-state index contributed by atoms with van der Waals surface area (Å²) in [5.41, 5.74) is 6.47. The summed E-state index contributed by atoms with van der Waals surface area (Å²) in [7, 11) is -3.54. The molecule has 1 atom stereocenters. The first-order valence-corrected chi connectivity index (χ1v) is 8.60. The first-order chi connectivity index (χ1) is 9.95. The molecule has 1 aliphatic rings. The monoisotopic (exact) mass is 313 g/mol. The Bertz CT molecular complexity index is 575. The lowest BCUT2D eigenvalue weighted by atomic mass is 10.2. The second-order valence-electron chi connectivity index (χ2n) is 5.40. The van der Waals surface area contributed by atoms with Crippen LogP contribution < -0.4 is 15.4 Å². The molecule has 118 valence electrons. The Labute approximate surface area is 126 Å². The highest BCUT2D eigenvalue weighted by Crippen LogP contribution is 2.27. The minimum absolute atomic E-state index is 0.00542. The maximum atomic E-state index is 12.5. The summed E-state index contributed by atoms with van der Waals surface area (Å²) < 4.78 is 33.1. The summed E-state index contributed by atoms with van der Waals surface area (Å²) in [5, 5.41) is 0. The Hall–Kier alpha value is -1.15. The van der Waals surface area contributed by atoms with Crippen molar-refractivity contribution in [1.29, 1.82) is 0 Å². The number of hydrogen-bond acceptors (Lipinski definition) is 5. The molecular formula is C14H23N3O3S. The number of nitrogens with zero attached hydrogens (tertiary/aromatic N) is 1. The molecule has 3 N–H and O–H groups in total. The van der Waals surface area contributed by atoms with E-state index in [1.54, 1.807) is 26.0 Å². The number of rotatable bonds is 5. The first-order valence-electron chi connectivity index (χ1n) is 7.11. The Balaban J connectivity index is 2.41. The minimum atomic E-state index is -3.54. The van der Waals surface area contributed by atoms with Gasteiger partial charge in [0.15, 0.2) is 0 Å². The highest BCUT2D eigenvalue weighted by Gasteiger charge is 2.28. The lowest BCUT2D eigenvalue weighted by molar-refractivity contribution is 0.0960. The molecule has 0 radical (unpaired) electrons. The highest BCUT2D eigenvalue weighted by molar-refractivity contribution is 7.89. The summed E-state index contributed by atoms with van der Waals surface area (Å²) in [5.74, 6) is 0. The third-order valence-electron chi connectivity index (χ3n) is 3.35. The Morgan fingerprint density at radius 1 is 1.43 bits per heavy atom. The van der Waals surface area contributed by atoms with E-state index in [-0.39, 0.29) is 12.1 Å². The van der Waals surface area contributed by atoms with Gasteiger partial charge in [-0.1, -0.05) is 12.1 Å². The van der Waals surface area contributed by atoms with Crippen LogP contribution >= 0.6 is 0 Å². The summed E-state index contributed by atoms with van der Waals surface area (Å²) in [4.78, 5) is 2.32. The van der Waals surface area contributed by atoms with E-state index < -0.39 is 10.0 Å². The number of anilines is 1. The first kappa shape index (κ1) is 16.2. The number of sulfonamides is 1. The average molecular weight is 313 g/mol. The molecule has 1 aromatic carbocycles. The van der Waals surface area contributed by atoms with Gasteiger partial charge in [0.2, 0.25) is 10.0 Å². The van der Waals surface area contributed by atoms with Crippen molar-refractivity contribution < 1.29 is 13.2 Å². The smallest absolute Gasteiger partial charge is 0.242 e. The zero-order chi connectivity index (χ0) is 15.5. The predicted molar refractivity (Wildman–Crippen MR) is 82.9 cm³/mol. The van der Waals surface area contributed by atoms with Gasteiger partial charge in [-0.2, -0.15) is 0 Å². The molecule has 0 aliphatic carbocycles. The number of hydrogen-bond donors (Lipinski definition) is 2. The SMILES string of the molecule is CC(C)NS(=O)(=O)c1ccccc1N1CCOCC1CN. The van der Waals surface area contributed by atoms with E-state index in [4.69, 9.17) is 10.5 Å². The quantitative estimate of drug-likeness (QED) is 0.829. The third kappa shape index (κ3) is 3.74. The molecule has 6 nitrogen and oxygen atoms in total. The molecule has 0 saturated carbocycles. The number of para-hydroxylation sites is 1. The van der Waals surface area contributed by atoms with Gasteiger partial charge < -0.3 is 15.4 Å². The maximum absolute atomic E-state index is 12.5. The summed E-state index contributed by atoms with van der Waals surface area (Å²) in [6.45, 7) is 5.75. The van der Waals surface area contributed by atoms with E-state index in [1.165, 1.54) is 0 Å². The number of benzene rings is 1. The maximum Gasteiger partial charge on any atom is 0.242 e. The molecule has 2 rings (SSSR count). The fourth-order valence-electron chi connectivity index (χ4n) is 2.46. The molecule has 0 bridgehead atoms. The van der Waals surface area contributed by atoms with Crippen LogP contribution in [0, 0.1) is 0 Å². The molecule has 0 aromatic heterocycles. The van der Waals surface area contributed by atoms with Crippen LogP contribution in [0.2, 0.25) is 0 Å². The minimum Gasteiger partial charge on any atom is -0.377 e. The molecular weight excluding hydrogens is 290 g/mol. The second kappa shape index (κ2) is 6.74. The number of morpholine rings is 1. The molecule has 0 amide bonds. The number of ether oxygens (including phenoxy) is 1. The van der Waals surface area contributed by atoms with Gasteiger partial charge in [-0.05, 0) is 26.0 Å². The molecule has 1 aromatic rings. The fraction of sp³-hybridized carbons (Fsp3) is 0.571. The lowest BCUT2D eigenvalue weighted by Gasteiger charge is -2.37. The van der Waals surface area contributed by atoms with Crippen molar-refractivity contribution in [2.24, 2.45) is 5.73 Å². The number of nitrogens with one attached hydrogen (secondary N) is 1. The normalized spacial score (nSPS) is 20.0. The van der Waals surface area contributed by atoms with E-state index >= 15 is 0 Å². The molecule has 1 saturated heterocycles. The van der Waals surface area contributed by atoms with Crippen LogP contribution in [0.4, 0.5) is 5.69 Å². The average Bonchev–Trinajstić information content (AvgIpc) is 2.46. The van der Waals surface area contributed by atoms with Gasteiger partial charge in [0.1, 0.15) is 4.90 Å². The molecule has 1 fully saturated rings. The Morgan fingerprint density at radius 2 is 2.14 bits per heavy atom. The standard InChI is InChI=1S/C14H23N3O3S/c1-11(2)16-21(18,19)14-6-4-3-5-13(14)17-7-8-20-10-12(17)9-15/h3-6,11-12,16H,7-10,15H2,1-2H3.